The van der Waals surface area contributed by atoms with E-state index in [1.807, 2.05) is 17.8 Å². The highest BCUT2D eigenvalue weighted by Gasteiger charge is 2.31. The molecule has 1 unspecified atom stereocenters. The molecule has 2 heterocycles. The molecule has 2 aromatic rings. The molecule has 24 heavy (non-hydrogen) atoms. The summed E-state index contributed by atoms with van der Waals surface area (Å²) in [6.07, 6.45) is 3.63. The van der Waals surface area contributed by atoms with Crippen LogP contribution in [0.25, 0.3) is 0 Å². The van der Waals surface area contributed by atoms with Gasteiger partial charge in [-0.05, 0) is 24.6 Å². The Kier molecular flexibility index (Phi) is 4.76. The molecule has 0 aliphatic carbocycles. The number of nitrogens with zero attached hydrogens (tertiary/aromatic N) is 3. The van der Waals surface area contributed by atoms with Crippen LogP contribution in [0, 0.1) is 12.7 Å². The van der Waals surface area contributed by atoms with Gasteiger partial charge in [-0.2, -0.15) is 5.10 Å². The van der Waals surface area contributed by atoms with Gasteiger partial charge in [-0.1, -0.05) is 18.2 Å². The van der Waals surface area contributed by atoms with Crippen molar-refractivity contribution in [1.29, 1.82) is 0 Å². The third-order valence-electron chi connectivity index (χ3n) is 4.36. The predicted octanol–water partition coefficient (Wildman–Crippen LogP) is 2.19. The molecule has 1 aromatic carbocycles. The summed E-state index contributed by atoms with van der Waals surface area (Å²) >= 11 is 0. The zero-order valence-electron chi connectivity index (χ0n) is 13.7. The van der Waals surface area contributed by atoms with Crippen molar-refractivity contribution >= 4 is 5.91 Å². The summed E-state index contributed by atoms with van der Waals surface area (Å²) in [5, 5.41) is 7.23. The van der Waals surface area contributed by atoms with Crippen LogP contribution in [0.15, 0.2) is 43.1 Å². The number of amides is 1. The molecule has 0 radical (unpaired) electrons. The maximum Gasteiger partial charge on any atom is 0.242 e. The summed E-state index contributed by atoms with van der Waals surface area (Å²) in [7, 11) is 0. The van der Waals surface area contributed by atoms with Gasteiger partial charge in [-0.15, -0.1) is 6.58 Å². The number of allylic oxidation sites excluding steroid dienone is 1. The molecule has 1 saturated heterocycles. The van der Waals surface area contributed by atoms with Crippen LogP contribution in [0.1, 0.15) is 22.9 Å². The number of aromatic nitrogens is 2. The quantitative estimate of drug-likeness (QED) is 0.856. The molecule has 1 amide bonds. The van der Waals surface area contributed by atoms with Crippen LogP contribution >= 0.6 is 0 Å². The third kappa shape index (κ3) is 3.23. The van der Waals surface area contributed by atoms with Gasteiger partial charge in [0.2, 0.25) is 5.91 Å². The van der Waals surface area contributed by atoms with Gasteiger partial charge in [0.05, 0.1) is 12.7 Å². The lowest BCUT2D eigenvalue weighted by molar-refractivity contribution is -0.129. The predicted molar refractivity (Wildman–Crippen MR) is 89.7 cm³/mol. The molecule has 1 N–H and O–H groups in total. The number of halogens is 1. The largest absolute Gasteiger partial charge is 0.353 e. The second kappa shape index (κ2) is 6.97. The lowest BCUT2D eigenvalue weighted by Crippen LogP contribution is -2.49. The van der Waals surface area contributed by atoms with E-state index in [0.717, 1.165) is 11.3 Å². The number of carbonyl (C=O) groups excluding carboxylic acids is 1. The minimum absolute atomic E-state index is 0.0945. The van der Waals surface area contributed by atoms with E-state index >= 15 is 0 Å². The van der Waals surface area contributed by atoms with Crippen molar-refractivity contribution in [1.82, 2.24) is 20.0 Å². The Morgan fingerprint density at radius 2 is 2.33 bits per heavy atom. The molecular weight excluding hydrogens is 307 g/mol. The van der Waals surface area contributed by atoms with E-state index in [-0.39, 0.29) is 11.7 Å². The fourth-order valence-corrected chi connectivity index (χ4v) is 3.09. The van der Waals surface area contributed by atoms with Gasteiger partial charge >= 0.3 is 0 Å². The lowest BCUT2D eigenvalue weighted by Gasteiger charge is -2.35. The highest BCUT2D eigenvalue weighted by atomic mass is 19.1. The van der Waals surface area contributed by atoms with Gasteiger partial charge in [0, 0.05) is 30.9 Å². The first-order valence-corrected chi connectivity index (χ1v) is 7.99. The van der Waals surface area contributed by atoms with Crippen molar-refractivity contribution < 1.29 is 9.18 Å². The smallest absolute Gasteiger partial charge is 0.242 e. The Morgan fingerprint density at radius 3 is 3.08 bits per heavy atom. The number of hydrogen-bond donors (Lipinski definition) is 1. The summed E-state index contributed by atoms with van der Waals surface area (Å²) in [6, 6.07) is 5.75. The Hall–Kier alpha value is -2.47. The topological polar surface area (TPSA) is 50.2 Å². The average molecular weight is 328 g/mol. The highest BCUT2D eigenvalue weighted by molar-refractivity contribution is 5.83. The number of piperazine rings is 1. The summed E-state index contributed by atoms with van der Waals surface area (Å²) in [4.78, 5) is 14.5. The molecule has 3 rings (SSSR count). The fraction of sp³-hybridized carbons (Fsp3) is 0.333. The van der Waals surface area contributed by atoms with E-state index in [9.17, 15) is 9.18 Å². The van der Waals surface area contributed by atoms with Crippen LogP contribution in [-0.4, -0.2) is 33.7 Å². The Bertz CT molecular complexity index is 755. The van der Waals surface area contributed by atoms with Gasteiger partial charge in [0.15, 0.2) is 0 Å². The minimum Gasteiger partial charge on any atom is -0.353 e. The molecule has 1 aliphatic rings. The van der Waals surface area contributed by atoms with Gasteiger partial charge < -0.3 is 5.32 Å². The first kappa shape index (κ1) is 16.4. The lowest BCUT2D eigenvalue weighted by atomic mass is 10.0. The van der Waals surface area contributed by atoms with E-state index in [1.54, 1.807) is 18.2 Å². The van der Waals surface area contributed by atoms with E-state index in [4.69, 9.17) is 0 Å². The van der Waals surface area contributed by atoms with Crippen LogP contribution in [0.5, 0.6) is 0 Å². The summed E-state index contributed by atoms with van der Waals surface area (Å²) < 4.78 is 15.5. The van der Waals surface area contributed by atoms with E-state index < -0.39 is 6.04 Å². The van der Waals surface area contributed by atoms with Crippen LogP contribution in [0.3, 0.4) is 0 Å². The highest BCUT2D eigenvalue weighted by Crippen LogP contribution is 2.26. The van der Waals surface area contributed by atoms with Crippen molar-refractivity contribution in [2.75, 3.05) is 13.1 Å². The summed E-state index contributed by atoms with van der Waals surface area (Å²) in [5.41, 5.74) is 2.79. The molecule has 1 aromatic heterocycles. The van der Waals surface area contributed by atoms with Gasteiger partial charge in [0.25, 0.3) is 0 Å². The molecule has 0 spiro atoms. The Balaban J connectivity index is 1.87. The number of benzene rings is 1. The average Bonchev–Trinajstić information content (AvgIpc) is 2.89. The van der Waals surface area contributed by atoms with Gasteiger partial charge in [-0.25, -0.2) is 4.39 Å². The molecule has 126 valence electrons. The Morgan fingerprint density at radius 1 is 1.50 bits per heavy atom. The van der Waals surface area contributed by atoms with E-state index in [2.05, 4.69) is 21.9 Å². The summed E-state index contributed by atoms with van der Waals surface area (Å²) in [5.74, 6) is -0.427. The van der Waals surface area contributed by atoms with E-state index in [0.29, 0.717) is 31.7 Å². The molecule has 0 bridgehead atoms. The van der Waals surface area contributed by atoms with Crippen LogP contribution in [0.2, 0.25) is 0 Å². The number of nitrogens with one attached hydrogen (secondary N) is 1. The van der Waals surface area contributed by atoms with Gasteiger partial charge in [0.1, 0.15) is 11.9 Å². The van der Waals surface area contributed by atoms with Crippen LogP contribution in [-0.2, 0) is 17.9 Å². The maximum absolute atomic E-state index is 13.6. The second-order valence-corrected chi connectivity index (χ2v) is 5.95. The first-order valence-electron chi connectivity index (χ1n) is 7.99. The van der Waals surface area contributed by atoms with E-state index in [1.165, 1.54) is 12.1 Å². The number of hydrogen-bond acceptors (Lipinski definition) is 3. The molecule has 0 saturated carbocycles. The standard InChI is InChI=1S/C18H21FN4O/c1-3-8-23-13(2)15(11-21-23)12-22-9-7-20-18(24)17(22)14-5-4-6-16(19)10-14/h3-6,10-11,17H,1,7-9,12H2,2H3,(H,20,24). The normalized spacial score (nSPS) is 18.4. The molecule has 6 heteroatoms. The van der Waals surface area contributed by atoms with Crippen molar-refractivity contribution in [2.24, 2.45) is 0 Å². The first-order chi connectivity index (χ1) is 11.6. The zero-order chi connectivity index (χ0) is 17.1. The Labute approximate surface area is 140 Å². The number of carbonyl (C=O) groups is 1. The molecule has 1 fully saturated rings. The van der Waals surface area contributed by atoms with Crippen molar-refractivity contribution in [3.05, 3.63) is 65.8 Å². The molecule has 5 nitrogen and oxygen atoms in total. The summed E-state index contributed by atoms with van der Waals surface area (Å²) in [6.45, 7) is 8.28. The molecule has 1 atom stereocenters. The van der Waals surface area contributed by atoms with Crippen molar-refractivity contribution in [3.8, 4) is 0 Å². The molecular formula is C18H21FN4O. The van der Waals surface area contributed by atoms with Crippen LogP contribution in [0.4, 0.5) is 4.39 Å². The maximum atomic E-state index is 13.6. The monoisotopic (exact) mass is 328 g/mol. The van der Waals surface area contributed by atoms with Gasteiger partial charge in [-0.3, -0.25) is 14.4 Å². The molecule has 1 aliphatic heterocycles. The zero-order valence-corrected chi connectivity index (χ0v) is 13.7. The third-order valence-corrected chi connectivity index (χ3v) is 4.36. The second-order valence-electron chi connectivity index (χ2n) is 5.95. The fourth-order valence-electron chi connectivity index (χ4n) is 3.09. The van der Waals surface area contributed by atoms with Crippen molar-refractivity contribution in [2.45, 2.75) is 26.1 Å². The number of rotatable bonds is 5. The van der Waals surface area contributed by atoms with Crippen molar-refractivity contribution in [3.63, 3.8) is 0 Å². The van der Waals surface area contributed by atoms with Crippen LogP contribution < -0.4 is 5.32 Å². The SMILES string of the molecule is C=CCn1ncc(CN2CCNC(=O)C2c2cccc(F)c2)c1C. The minimum atomic E-state index is -0.489.